The summed E-state index contributed by atoms with van der Waals surface area (Å²) in [5.41, 5.74) is 1.20. The molecule has 1 saturated carbocycles. The molecule has 2 rings (SSSR count). The first kappa shape index (κ1) is 16.1. The molecule has 0 aromatic rings. The third-order valence-electron chi connectivity index (χ3n) is 5.52. The van der Waals surface area contributed by atoms with E-state index >= 15 is 0 Å². The zero-order valence-corrected chi connectivity index (χ0v) is 14.2. The van der Waals surface area contributed by atoms with Crippen LogP contribution in [0.1, 0.15) is 67.2 Å². The minimum Gasteiger partial charge on any atom is -0.403 e. The van der Waals surface area contributed by atoms with E-state index in [1.165, 1.54) is 25.7 Å². The average molecular weight is 278 g/mol. The Kier molecular flexibility index (Phi) is 4.71. The Labute approximate surface area is 125 Å². The van der Waals surface area contributed by atoms with Crippen LogP contribution in [0.4, 0.5) is 0 Å². The van der Waals surface area contributed by atoms with Gasteiger partial charge in [0, 0.05) is 6.32 Å². The molecule has 2 fully saturated rings. The molecule has 1 aliphatic carbocycles. The largest absolute Gasteiger partial charge is 0.461 e. The van der Waals surface area contributed by atoms with Crippen molar-refractivity contribution < 1.29 is 9.31 Å². The molecule has 0 unspecified atom stereocenters. The molecule has 0 radical (unpaired) electrons. The fourth-order valence-corrected chi connectivity index (χ4v) is 3.21. The Morgan fingerprint density at radius 3 is 2.05 bits per heavy atom. The molecule has 20 heavy (non-hydrogen) atoms. The van der Waals surface area contributed by atoms with Crippen LogP contribution in [0.15, 0.2) is 11.6 Å². The molecule has 0 amide bonds. The molecule has 2 nitrogen and oxygen atoms in total. The van der Waals surface area contributed by atoms with Gasteiger partial charge in [0.2, 0.25) is 0 Å². The number of hydrogen-bond donors (Lipinski definition) is 0. The van der Waals surface area contributed by atoms with Crippen LogP contribution in [0, 0.1) is 11.8 Å². The van der Waals surface area contributed by atoms with Gasteiger partial charge >= 0.3 is 7.12 Å². The van der Waals surface area contributed by atoms with Crippen LogP contribution in [0.25, 0.3) is 0 Å². The first-order chi connectivity index (χ1) is 9.21. The van der Waals surface area contributed by atoms with Gasteiger partial charge in [-0.3, -0.25) is 0 Å². The summed E-state index contributed by atoms with van der Waals surface area (Å²) in [5, 5.41) is 0. The summed E-state index contributed by atoms with van der Waals surface area (Å²) in [6.45, 7) is 13.2. The minimum atomic E-state index is -0.203. The van der Waals surface area contributed by atoms with Gasteiger partial charge in [-0.1, -0.05) is 25.5 Å². The summed E-state index contributed by atoms with van der Waals surface area (Å²) in [7, 11) is -0.0738. The second kappa shape index (κ2) is 5.85. The van der Waals surface area contributed by atoms with Gasteiger partial charge < -0.3 is 9.31 Å². The van der Waals surface area contributed by atoms with Crippen molar-refractivity contribution in [1.29, 1.82) is 0 Å². The molecule has 3 heteroatoms. The first-order valence-electron chi connectivity index (χ1n) is 8.25. The Balaban J connectivity index is 1.83. The van der Waals surface area contributed by atoms with Crippen LogP contribution in [0.5, 0.6) is 0 Å². The summed E-state index contributed by atoms with van der Waals surface area (Å²) in [4.78, 5) is 0. The topological polar surface area (TPSA) is 18.5 Å². The van der Waals surface area contributed by atoms with Gasteiger partial charge in [-0.15, -0.1) is 0 Å². The third kappa shape index (κ3) is 3.48. The van der Waals surface area contributed by atoms with Crippen molar-refractivity contribution in [2.24, 2.45) is 11.8 Å². The monoisotopic (exact) mass is 278 g/mol. The van der Waals surface area contributed by atoms with Crippen molar-refractivity contribution in [2.75, 3.05) is 0 Å². The second-order valence-electron chi connectivity index (χ2n) is 7.87. The van der Waals surface area contributed by atoms with Gasteiger partial charge in [-0.05, 0) is 65.2 Å². The fraction of sp³-hybridized carbons (Fsp3) is 0.882. The SMILES string of the molecule is CC(C)C1CCC(=CCB2OC(C)(C)C(C)(C)O2)CC1. The third-order valence-corrected chi connectivity index (χ3v) is 5.52. The number of rotatable bonds is 3. The van der Waals surface area contributed by atoms with Crippen LogP contribution in [0.2, 0.25) is 6.32 Å². The Morgan fingerprint density at radius 2 is 1.60 bits per heavy atom. The molecule has 1 heterocycles. The van der Waals surface area contributed by atoms with E-state index in [2.05, 4.69) is 47.6 Å². The van der Waals surface area contributed by atoms with Crippen LogP contribution in [-0.2, 0) is 9.31 Å². The van der Waals surface area contributed by atoms with Crippen molar-refractivity contribution >= 4 is 7.12 Å². The van der Waals surface area contributed by atoms with Crippen LogP contribution in [0.3, 0.4) is 0 Å². The highest BCUT2D eigenvalue weighted by atomic mass is 16.7. The van der Waals surface area contributed by atoms with Gasteiger partial charge in [-0.2, -0.15) is 0 Å². The Morgan fingerprint density at radius 1 is 1.10 bits per heavy atom. The molecule has 0 bridgehead atoms. The maximum Gasteiger partial charge on any atom is 0.461 e. The lowest BCUT2D eigenvalue weighted by Gasteiger charge is -2.32. The van der Waals surface area contributed by atoms with Crippen molar-refractivity contribution in [2.45, 2.75) is 84.7 Å². The molecule has 1 saturated heterocycles. The van der Waals surface area contributed by atoms with Crippen molar-refractivity contribution in [3.05, 3.63) is 11.6 Å². The summed E-state index contributed by atoms with van der Waals surface area (Å²) in [6, 6.07) is 0. The summed E-state index contributed by atoms with van der Waals surface area (Å²) in [5.74, 6) is 1.75. The Bertz CT molecular complexity index is 345. The van der Waals surface area contributed by atoms with Crippen molar-refractivity contribution in [3.63, 3.8) is 0 Å². The van der Waals surface area contributed by atoms with Crippen LogP contribution in [-0.4, -0.2) is 18.3 Å². The summed E-state index contributed by atoms with van der Waals surface area (Å²) in [6.07, 6.45) is 8.51. The molecule has 114 valence electrons. The first-order valence-corrected chi connectivity index (χ1v) is 8.25. The molecule has 2 aliphatic rings. The quantitative estimate of drug-likeness (QED) is 0.542. The molecule has 0 N–H and O–H groups in total. The smallest absolute Gasteiger partial charge is 0.403 e. The van der Waals surface area contributed by atoms with E-state index in [0.717, 1.165) is 18.2 Å². The maximum absolute atomic E-state index is 6.05. The van der Waals surface area contributed by atoms with E-state index in [1.807, 2.05) is 0 Å². The zero-order chi connectivity index (χ0) is 15.0. The number of allylic oxidation sites excluding steroid dienone is 2. The second-order valence-corrected chi connectivity index (χ2v) is 7.87. The number of hydrogen-bond acceptors (Lipinski definition) is 2. The van der Waals surface area contributed by atoms with E-state index in [9.17, 15) is 0 Å². The lowest BCUT2D eigenvalue weighted by molar-refractivity contribution is 0.00578. The minimum absolute atomic E-state index is 0.0738. The van der Waals surface area contributed by atoms with Gasteiger partial charge in [0.05, 0.1) is 11.2 Å². The molecular formula is C17H31BO2. The van der Waals surface area contributed by atoms with Gasteiger partial charge in [0.25, 0.3) is 0 Å². The lowest BCUT2D eigenvalue weighted by Crippen LogP contribution is -2.41. The van der Waals surface area contributed by atoms with Crippen LogP contribution >= 0.6 is 0 Å². The van der Waals surface area contributed by atoms with Crippen molar-refractivity contribution in [1.82, 2.24) is 0 Å². The summed E-state index contributed by atoms with van der Waals surface area (Å²) >= 11 is 0. The molecule has 1 aliphatic heterocycles. The normalized spacial score (nSPS) is 29.1. The standard InChI is InChI=1S/C17H31BO2/c1-13(2)15-9-7-14(8-10-15)11-12-18-19-16(3,4)17(5,6)20-18/h11,13,15H,7-10,12H2,1-6H3. The molecule has 0 aromatic heterocycles. The van der Waals surface area contributed by atoms with Crippen LogP contribution < -0.4 is 0 Å². The molecular weight excluding hydrogens is 247 g/mol. The molecule has 0 aromatic carbocycles. The van der Waals surface area contributed by atoms with Gasteiger partial charge in [-0.25, -0.2) is 0 Å². The van der Waals surface area contributed by atoms with E-state index < -0.39 is 0 Å². The predicted octanol–water partition coefficient (Wildman–Crippen LogP) is 4.85. The molecule has 0 atom stereocenters. The van der Waals surface area contributed by atoms with Crippen molar-refractivity contribution in [3.8, 4) is 0 Å². The van der Waals surface area contributed by atoms with Gasteiger partial charge in [0.15, 0.2) is 0 Å². The van der Waals surface area contributed by atoms with Gasteiger partial charge in [0.1, 0.15) is 0 Å². The fourth-order valence-electron chi connectivity index (χ4n) is 3.21. The average Bonchev–Trinajstić information content (AvgIpc) is 2.56. The zero-order valence-electron chi connectivity index (χ0n) is 14.2. The van der Waals surface area contributed by atoms with E-state index in [1.54, 1.807) is 5.57 Å². The van der Waals surface area contributed by atoms with E-state index in [0.29, 0.717) is 0 Å². The maximum atomic E-state index is 6.05. The Hall–Kier alpha value is -0.275. The molecule has 0 spiro atoms. The van der Waals surface area contributed by atoms with E-state index in [-0.39, 0.29) is 18.3 Å². The summed E-state index contributed by atoms with van der Waals surface area (Å²) < 4.78 is 12.1. The highest BCUT2D eigenvalue weighted by molar-refractivity contribution is 6.46. The lowest BCUT2D eigenvalue weighted by atomic mass is 9.77. The highest BCUT2D eigenvalue weighted by Gasteiger charge is 2.50. The predicted molar refractivity (Wildman–Crippen MR) is 85.8 cm³/mol. The van der Waals surface area contributed by atoms with E-state index in [4.69, 9.17) is 9.31 Å². The highest BCUT2D eigenvalue weighted by Crippen LogP contribution is 2.38.